The molecule has 1 saturated carbocycles. The van der Waals surface area contributed by atoms with Crippen molar-refractivity contribution in [2.45, 2.75) is 44.2 Å². The molecular formula is C14H22N4O. The predicted molar refractivity (Wildman–Crippen MR) is 72.6 cm³/mol. The van der Waals surface area contributed by atoms with E-state index in [1.54, 1.807) is 0 Å². The molecule has 0 radical (unpaired) electrons. The van der Waals surface area contributed by atoms with Crippen LogP contribution in [-0.4, -0.2) is 34.6 Å². The molecule has 2 N–H and O–H groups in total. The maximum Gasteiger partial charge on any atom is 0.223 e. The highest BCUT2D eigenvalue weighted by Gasteiger charge is 2.31. The van der Waals surface area contributed by atoms with Gasteiger partial charge in [0.15, 0.2) is 0 Å². The predicted octanol–water partition coefficient (Wildman–Crippen LogP) is 1.09. The number of aromatic nitrogens is 2. The fourth-order valence-corrected chi connectivity index (χ4v) is 3.32. The largest absolute Gasteiger partial charge is 0.351 e. The lowest BCUT2D eigenvalue weighted by Gasteiger charge is -2.27. The standard InChI is InChI=1S/C14H22N4O/c19-14(11-4-6-15-7-5-11)17-12-2-1-3-13(12)18-9-8-16-10-18/h8-13,15H,1-7H2,(H,17,19). The molecule has 0 spiro atoms. The summed E-state index contributed by atoms with van der Waals surface area (Å²) >= 11 is 0. The number of carbonyl (C=O) groups excluding carboxylic acids is 1. The number of imidazole rings is 1. The summed E-state index contributed by atoms with van der Waals surface area (Å²) < 4.78 is 2.14. The van der Waals surface area contributed by atoms with Gasteiger partial charge in [-0.2, -0.15) is 0 Å². The molecule has 1 aromatic rings. The summed E-state index contributed by atoms with van der Waals surface area (Å²) in [6, 6.07) is 0.657. The number of hydrogen-bond acceptors (Lipinski definition) is 3. The highest BCUT2D eigenvalue weighted by atomic mass is 16.2. The minimum absolute atomic E-state index is 0.199. The van der Waals surface area contributed by atoms with Crippen LogP contribution >= 0.6 is 0 Å². The number of hydrogen-bond donors (Lipinski definition) is 2. The highest BCUT2D eigenvalue weighted by molar-refractivity contribution is 5.79. The average Bonchev–Trinajstić information content (AvgIpc) is 3.10. The Balaban J connectivity index is 1.60. The Kier molecular flexibility index (Phi) is 3.82. The van der Waals surface area contributed by atoms with Crippen LogP contribution in [0, 0.1) is 5.92 Å². The fraction of sp³-hybridized carbons (Fsp3) is 0.714. The topological polar surface area (TPSA) is 59.0 Å². The summed E-state index contributed by atoms with van der Waals surface area (Å²) in [5.41, 5.74) is 0. The van der Waals surface area contributed by atoms with Crippen molar-refractivity contribution in [1.82, 2.24) is 20.2 Å². The summed E-state index contributed by atoms with van der Waals surface area (Å²) in [6.45, 7) is 1.93. The van der Waals surface area contributed by atoms with Gasteiger partial charge in [-0.1, -0.05) is 0 Å². The second-order valence-electron chi connectivity index (χ2n) is 5.65. The van der Waals surface area contributed by atoms with E-state index >= 15 is 0 Å². The van der Waals surface area contributed by atoms with Crippen molar-refractivity contribution in [2.75, 3.05) is 13.1 Å². The summed E-state index contributed by atoms with van der Waals surface area (Å²) in [5.74, 6) is 0.448. The number of nitrogens with zero attached hydrogens (tertiary/aromatic N) is 2. The van der Waals surface area contributed by atoms with E-state index in [4.69, 9.17) is 0 Å². The third kappa shape index (κ3) is 2.81. The average molecular weight is 262 g/mol. The Hall–Kier alpha value is -1.36. The maximum atomic E-state index is 12.3. The molecule has 5 nitrogen and oxygen atoms in total. The first-order valence-electron chi connectivity index (χ1n) is 7.33. The van der Waals surface area contributed by atoms with E-state index in [9.17, 15) is 4.79 Å². The first kappa shape index (κ1) is 12.7. The first-order chi connectivity index (χ1) is 9.34. The second-order valence-corrected chi connectivity index (χ2v) is 5.65. The number of nitrogens with one attached hydrogen (secondary N) is 2. The number of carbonyl (C=O) groups is 1. The van der Waals surface area contributed by atoms with Gasteiger partial charge in [-0.25, -0.2) is 4.98 Å². The van der Waals surface area contributed by atoms with Gasteiger partial charge in [0.2, 0.25) is 5.91 Å². The number of piperidine rings is 1. The molecule has 2 unspecified atom stereocenters. The Morgan fingerprint density at radius 1 is 1.26 bits per heavy atom. The van der Waals surface area contributed by atoms with Crippen LogP contribution in [-0.2, 0) is 4.79 Å². The lowest BCUT2D eigenvalue weighted by Crippen LogP contribution is -2.44. The zero-order valence-electron chi connectivity index (χ0n) is 11.2. The molecule has 1 aromatic heterocycles. The highest BCUT2D eigenvalue weighted by Crippen LogP contribution is 2.30. The van der Waals surface area contributed by atoms with Crippen LogP contribution in [0.4, 0.5) is 0 Å². The van der Waals surface area contributed by atoms with Crippen molar-refractivity contribution in [3.63, 3.8) is 0 Å². The van der Waals surface area contributed by atoms with Gasteiger partial charge >= 0.3 is 0 Å². The molecular weight excluding hydrogens is 240 g/mol. The molecule has 1 amide bonds. The van der Waals surface area contributed by atoms with Crippen LogP contribution in [0.3, 0.4) is 0 Å². The number of amides is 1. The maximum absolute atomic E-state index is 12.3. The number of rotatable bonds is 3. The van der Waals surface area contributed by atoms with Crippen molar-refractivity contribution < 1.29 is 4.79 Å². The lowest BCUT2D eigenvalue weighted by molar-refractivity contribution is -0.126. The van der Waals surface area contributed by atoms with Gasteiger partial charge in [-0.05, 0) is 45.2 Å². The van der Waals surface area contributed by atoms with Crippen molar-refractivity contribution in [3.8, 4) is 0 Å². The summed E-state index contributed by atoms with van der Waals surface area (Å²) in [6.07, 6.45) is 11.0. The molecule has 2 atom stereocenters. The minimum Gasteiger partial charge on any atom is -0.351 e. The molecule has 2 fully saturated rings. The zero-order chi connectivity index (χ0) is 13.1. The van der Waals surface area contributed by atoms with Crippen LogP contribution in [0.5, 0.6) is 0 Å². The second kappa shape index (κ2) is 5.74. The fourth-order valence-electron chi connectivity index (χ4n) is 3.32. The van der Waals surface area contributed by atoms with Crippen LogP contribution in [0.1, 0.15) is 38.1 Å². The van der Waals surface area contributed by atoms with E-state index in [1.165, 1.54) is 6.42 Å². The van der Waals surface area contributed by atoms with Crippen LogP contribution in [0.15, 0.2) is 18.7 Å². The molecule has 3 rings (SSSR count). The summed E-state index contributed by atoms with van der Waals surface area (Å²) in [7, 11) is 0. The Morgan fingerprint density at radius 2 is 2.11 bits per heavy atom. The molecule has 19 heavy (non-hydrogen) atoms. The molecule has 2 heterocycles. The van der Waals surface area contributed by atoms with E-state index < -0.39 is 0 Å². The molecule has 0 bridgehead atoms. The van der Waals surface area contributed by atoms with Gasteiger partial charge < -0.3 is 15.2 Å². The molecule has 1 saturated heterocycles. The minimum atomic E-state index is 0.199. The third-order valence-electron chi connectivity index (χ3n) is 4.42. The van der Waals surface area contributed by atoms with Gasteiger partial charge in [0.05, 0.1) is 12.4 Å². The lowest BCUT2D eigenvalue weighted by atomic mass is 9.96. The van der Waals surface area contributed by atoms with E-state index in [-0.39, 0.29) is 17.9 Å². The molecule has 5 heteroatoms. The SMILES string of the molecule is O=C(NC1CCCC1n1ccnc1)C1CCNCC1. The monoisotopic (exact) mass is 262 g/mol. The molecule has 1 aliphatic carbocycles. The van der Waals surface area contributed by atoms with Gasteiger partial charge in [-0.15, -0.1) is 0 Å². The smallest absolute Gasteiger partial charge is 0.223 e. The van der Waals surface area contributed by atoms with Crippen molar-refractivity contribution in [2.24, 2.45) is 5.92 Å². The molecule has 1 aliphatic heterocycles. The van der Waals surface area contributed by atoms with Crippen LogP contribution in [0.25, 0.3) is 0 Å². The zero-order valence-corrected chi connectivity index (χ0v) is 11.2. The van der Waals surface area contributed by atoms with Gasteiger partial charge in [0, 0.05) is 24.4 Å². The van der Waals surface area contributed by atoms with Crippen LogP contribution < -0.4 is 10.6 Å². The van der Waals surface area contributed by atoms with E-state index in [1.807, 2.05) is 18.7 Å². The van der Waals surface area contributed by atoms with E-state index in [0.29, 0.717) is 6.04 Å². The van der Waals surface area contributed by atoms with Gasteiger partial charge in [-0.3, -0.25) is 4.79 Å². The molecule has 104 valence electrons. The summed E-state index contributed by atoms with van der Waals surface area (Å²) in [5, 5.41) is 6.57. The van der Waals surface area contributed by atoms with Gasteiger partial charge in [0.1, 0.15) is 0 Å². The van der Waals surface area contributed by atoms with E-state index in [0.717, 1.165) is 38.8 Å². The first-order valence-corrected chi connectivity index (χ1v) is 7.33. The Morgan fingerprint density at radius 3 is 2.84 bits per heavy atom. The van der Waals surface area contributed by atoms with Crippen molar-refractivity contribution >= 4 is 5.91 Å². The Labute approximate surface area is 113 Å². The summed E-state index contributed by atoms with van der Waals surface area (Å²) in [4.78, 5) is 16.4. The normalized spacial score (nSPS) is 28.4. The molecule has 0 aromatic carbocycles. The van der Waals surface area contributed by atoms with Crippen LogP contribution in [0.2, 0.25) is 0 Å². The van der Waals surface area contributed by atoms with Crippen molar-refractivity contribution in [3.05, 3.63) is 18.7 Å². The Bertz CT molecular complexity index is 411. The quantitative estimate of drug-likeness (QED) is 0.857. The van der Waals surface area contributed by atoms with E-state index in [2.05, 4.69) is 20.2 Å². The molecule has 2 aliphatic rings. The van der Waals surface area contributed by atoms with Gasteiger partial charge in [0.25, 0.3) is 0 Å². The third-order valence-corrected chi connectivity index (χ3v) is 4.42. The van der Waals surface area contributed by atoms with Crippen molar-refractivity contribution in [1.29, 1.82) is 0 Å².